The first-order valence-corrected chi connectivity index (χ1v) is 4.64. The van der Waals surface area contributed by atoms with Gasteiger partial charge in [0.25, 0.3) is 0 Å². The second-order valence-electron chi connectivity index (χ2n) is 3.25. The third-order valence-corrected chi connectivity index (χ3v) is 2.04. The van der Waals surface area contributed by atoms with Crippen molar-refractivity contribution in [2.75, 3.05) is 11.5 Å². The highest BCUT2D eigenvalue weighted by molar-refractivity contribution is 5.78. The molecule has 1 aromatic carbocycles. The summed E-state index contributed by atoms with van der Waals surface area (Å²) in [6.45, 7) is 3.12. The van der Waals surface area contributed by atoms with E-state index in [-0.39, 0.29) is 0 Å². The van der Waals surface area contributed by atoms with Crippen molar-refractivity contribution >= 4 is 16.9 Å². The topological polar surface area (TPSA) is 78.1 Å². The predicted octanol–water partition coefficient (Wildman–Crippen LogP) is 2.19. The number of benzene rings is 1. The zero-order chi connectivity index (χ0) is 12.1. The maximum Gasteiger partial charge on any atom is 0.116 e. The van der Waals surface area contributed by atoms with Gasteiger partial charge in [0.15, 0.2) is 0 Å². The Balaban J connectivity index is 3.06. The predicted molar refractivity (Wildman–Crippen MR) is 66.8 cm³/mol. The molecular weight excluding hydrogens is 205 g/mol. The van der Waals surface area contributed by atoms with Crippen LogP contribution in [-0.2, 0) is 0 Å². The Morgan fingerprint density at radius 1 is 1.19 bits per heavy atom. The summed E-state index contributed by atoms with van der Waals surface area (Å²) in [5, 5.41) is 0. The summed E-state index contributed by atoms with van der Waals surface area (Å²) in [5.41, 5.74) is 19.1. The summed E-state index contributed by atoms with van der Waals surface area (Å²) in [6, 6.07) is 5.11. The number of nitrogens with two attached hydrogens (primary N) is 3. The van der Waals surface area contributed by atoms with Crippen LogP contribution in [0.15, 0.2) is 49.0 Å². The Bertz CT molecular complexity index is 461. The van der Waals surface area contributed by atoms with Gasteiger partial charge < -0.3 is 17.2 Å². The molecule has 0 aromatic heterocycles. The van der Waals surface area contributed by atoms with Gasteiger partial charge in [0, 0.05) is 6.20 Å². The minimum atomic E-state index is -0.539. The number of hydrogen-bond donors (Lipinski definition) is 3. The fourth-order valence-corrected chi connectivity index (χ4v) is 1.18. The molecule has 6 N–H and O–H groups in total. The molecular formula is C12H14FN3. The highest BCUT2D eigenvalue weighted by atomic mass is 19.1. The van der Waals surface area contributed by atoms with Crippen molar-refractivity contribution in [2.45, 2.75) is 0 Å². The minimum absolute atomic E-state index is 0.462. The van der Waals surface area contributed by atoms with Gasteiger partial charge >= 0.3 is 0 Å². The van der Waals surface area contributed by atoms with E-state index >= 15 is 0 Å². The van der Waals surface area contributed by atoms with Crippen molar-refractivity contribution in [1.82, 2.24) is 0 Å². The standard InChI is InChI=1S/C12H14FN3/c1-8(13)2-3-10(7-14)9-4-5-11(15)12(16)6-9/h2-7H,1,14-16H2/b3-2-,10-7+. The third-order valence-electron chi connectivity index (χ3n) is 2.04. The normalized spacial score (nSPS) is 11.9. The fraction of sp³-hybridized carbons (Fsp3) is 0. The lowest BCUT2D eigenvalue weighted by Gasteiger charge is -2.05. The van der Waals surface area contributed by atoms with Crippen molar-refractivity contribution in [2.24, 2.45) is 5.73 Å². The SMILES string of the molecule is C=C(F)/C=C\C(=C/N)c1ccc(N)c(N)c1. The molecule has 0 aliphatic carbocycles. The van der Waals surface area contributed by atoms with Crippen LogP contribution in [0.1, 0.15) is 5.56 Å². The Morgan fingerprint density at radius 3 is 2.38 bits per heavy atom. The maximum atomic E-state index is 12.5. The molecule has 0 aliphatic rings. The molecule has 0 amide bonds. The van der Waals surface area contributed by atoms with Crippen molar-refractivity contribution in [3.8, 4) is 0 Å². The molecule has 84 valence electrons. The van der Waals surface area contributed by atoms with Crippen LogP contribution in [0.25, 0.3) is 5.57 Å². The van der Waals surface area contributed by atoms with Crippen LogP contribution >= 0.6 is 0 Å². The molecule has 0 bridgehead atoms. The van der Waals surface area contributed by atoms with Gasteiger partial charge in [-0.1, -0.05) is 18.7 Å². The average molecular weight is 219 g/mol. The van der Waals surface area contributed by atoms with E-state index in [9.17, 15) is 4.39 Å². The lowest BCUT2D eigenvalue weighted by molar-refractivity contribution is 0.671. The van der Waals surface area contributed by atoms with Crippen molar-refractivity contribution in [3.05, 3.63) is 54.5 Å². The molecule has 4 heteroatoms. The van der Waals surface area contributed by atoms with E-state index < -0.39 is 5.83 Å². The molecule has 0 atom stereocenters. The van der Waals surface area contributed by atoms with Crippen LogP contribution in [0.4, 0.5) is 15.8 Å². The van der Waals surface area contributed by atoms with Crippen molar-refractivity contribution < 1.29 is 4.39 Å². The Labute approximate surface area is 93.7 Å². The molecule has 0 heterocycles. The average Bonchev–Trinajstić information content (AvgIpc) is 2.23. The molecule has 1 aromatic rings. The van der Waals surface area contributed by atoms with Gasteiger partial charge in [-0.15, -0.1) is 0 Å². The summed E-state index contributed by atoms with van der Waals surface area (Å²) >= 11 is 0. The minimum Gasteiger partial charge on any atom is -0.404 e. The molecule has 3 nitrogen and oxygen atoms in total. The van der Waals surface area contributed by atoms with Crippen LogP contribution < -0.4 is 17.2 Å². The first-order valence-electron chi connectivity index (χ1n) is 4.64. The van der Waals surface area contributed by atoms with Gasteiger partial charge in [0.1, 0.15) is 5.83 Å². The molecule has 0 saturated heterocycles. The monoisotopic (exact) mass is 219 g/mol. The van der Waals surface area contributed by atoms with E-state index in [1.165, 1.54) is 18.4 Å². The zero-order valence-electron chi connectivity index (χ0n) is 8.78. The molecule has 1 rings (SSSR count). The fourth-order valence-electron chi connectivity index (χ4n) is 1.18. The Kier molecular flexibility index (Phi) is 3.72. The smallest absolute Gasteiger partial charge is 0.116 e. The second kappa shape index (κ2) is 5.02. The quantitative estimate of drug-likeness (QED) is 0.538. The zero-order valence-corrected chi connectivity index (χ0v) is 8.78. The highest BCUT2D eigenvalue weighted by Gasteiger charge is 2.00. The molecule has 0 spiro atoms. The maximum absolute atomic E-state index is 12.5. The van der Waals surface area contributed by atoms with E-state index in [0.29, 0.717) is 16.9 Å². The van der Waals surface area contributed by atoms with Gasteiger partial charge in [0.05, 0.1) is 11.4 Å². The third kappa shape index (κ3) is 2.88. The van der Waals surface area contributed by atoms with Gasteiger partial charge in [0.2, 0.25) is 0 Å². The largest absolute Gasteiger partial charge is 0.404 e. The number of halogens is 1. The number of anilines is 2. The van der Waals surface area contributed by atoms with Crippen LogP contribution in [0.3, 0.4) is 0 Å². The van der Waals surface area contributed by atoms with E-state index in [1.54, 1.807) is 18.2 Å². The molecule has 0 fully saturated rings. The summed E-state index contributed by atoms with van der Waals surface area (Å²) < 4.78 is 12.5. The molecule has 0 unspecified atom stereocenters. The van der Waals surface area contributed by atoms with Gasteiger partial charge in [-0.3, -0.25) is 0 Å². The van der Waals surface area contributed by atoms with Crippen molar-refractivity contribution in [3.63, 3.8) is 0 Å². The number of rotatable bonds is 3. The lowest BCUT2D eigenvalue weighted by Crippen LogP contribution is -1.96. The van der Waals surface area contributed by atoms with Gasteiger partial charge in [-0.25, -0.2) is 4.39 Å². The van der Waals surface area contributed by atoms with E-state index in [1.807, 2.05) is 0 Å². The van der Waals surface area contributed by atoms with Crippen LogP contribution in [0.5, 0.6) is 0 Å². The number of allylic oxidation sites excluding steroid dienone is 4. The number of hydrogen-bond acceptors (Lipinski definition) is 3. The van der Waals surface area contributed by atoms with Crippen LogP contribution in [0, 0.1) is 0 Å². The van der Waals surface area contributed by atoms with Crippen molar-refractivity contribution in [1.29, 1.82) is 0 Å². The van der Waals surface area contributed by atoms with E-state index in [4.69, 9.17) is 17.2 Å². The lowest BCUT2D eigenvalue weighted by atomic mass is 10.0. The first-order chi connectivity index (χ1) is 7.54. The van der Waals surface area contributed by atoms with Crippen LogP contribution in [0.2, 0.25) is 0 Å². The molecule has 0 aliphatic heterocycles. The second-order valence-corrected chi connectivity index (χ2v) is 3.25. The van der Waals surface area contributed by atoms with E-state index in [0.717, 1.165) is 5.56 Å². The summed E-state index contributed by atoms with van der Waals surface area (Å²) in [6.07, 6.45) is 4.11. The van der Waals surface area contributed by atoms with Gasteiger partial charge in [-0.05, 0) is 29.3 Å². The molecule has 0 saturated carbocycles. The summed E-state index contributed by atoms with van der Waals surface area (Å²) in [5.74, 6) is -0.539. The van der Waals surface area contributed by atoms with Gasteiger partial charge in [-0.2, -0.15) is 0 Å². The Hall–Kier alpha value is -2.23. The molecule has 0 radical (unpaired) electrons. The summed E-state index contributed by atoms with van der Waals surface area (Å²) in [4.78, 5) is 0. The number of nitrogen functional groups attached to an aromatic ring is 2. The van der Waals surface area contributed by atoms with Crippen LogP contribution in [-0.4, -0.2) is 0 Å². The summed E-state index contributed by atoms with van der Waals surface area (Å²) in [7, 11) is 0. The Morgan fingerprint density at radius 2 is 1.88 bits per heavy atom. The molecule has 16 heavy (non-hydrogen) atoms. The van der Waals surface area contributed by atoms with E-state index in [2.05, 4.69) is 6.58 Å². The first kappa shape index (κ1) is 11.8. The highest BCUT2D eigenvalue weighted by Crippen LogP contribution is 2.22.